The second kappa shape index (κ2) is 5.32. The molecule has 0 fully saturated rings. The van der Waals surface area contributed by atoms with Gasteiger partial charge in [-0.05, 0) is 13.3 Å². The number of nitrogens with zero attached hydrogens (tertiary/aromatic N) is 5. The van der Waals surface area contributed by atoms with Crippen molar-refractivity contribution in [2.75, 3.05) is 11.9 Å². The Balaban J connectivity index is 1.66. The molecule has 0 aromatic carbocycles. The molecular weight excluding hydrogens is 258 g/mol. The van der Waals surface area contributed by atoms with Gasteiger partial charge in [0.2, 0.25) is 5.95 Å². The summed E-state index contributed by atoms with van der Waals surface area (Å²) in [7, 11) is 0. The molecule has 3 rings (SSSR count). The summed E-state index contributed by atoms with van der Waals surface area (Å²) in [5.74, 6) is 1.31. The smallest absolute Gasteiger partial charge is 0.271 e. The Labute approximate surface area is 116 Å². The Bertz CT molecular complexity index is 592. The summed E-state index contributed by atoms with van der Waals surface area (Å²) < 4.78 is 3.85. The summed E-state index contributed by atoms with van der Waals surface area (Å²) in [4.78, 5) is 16.4. The van der Waals surface area contributed by atoms with Crippen LogP contribution in [0.5, 0.6) is 0 Å². The molecule has 106 valence electrons. The molecule has 20 heavy (non-hydrogen) atoms. The zero-order valence-electron chi connectivity index (χ0n) is 11.3. The van der Waals surface area contributed by atoms with E-state index in [1.807, 2.05) is 16.1 Å². The molecule has 0 saturated heterocycles. The largest absolute Gasteiger partial charge is 0.356 e. The van der Waals surface area contributed by atoms with Gasteiger partial charge in [0, 0.05) is 25.8 Å². The van der Waals surface area contributed by atoms with Crippen molar-refractivity contribution >= 4 is 11.9 Å². The van der Waals surface area contributed by atoms with Crippen molar-refractivity contribution in [3.05, 3.63) is 24.0 Å². The van der Waals surface area contributed by atoms with Crippen LogP contribution in [0.1, 0.15) is 29.7 Å². The number of amides is 1. The maximum atomic E-state index is 12.1. The third-order valence-electron chi connectivity index (χ3n) is 3.31. The number of carbonyl (C=O) groups is 1. The van der Waals surface area contributed by atoms with Crippen molar-refractivity contribution in [1.29, 1.82) is 0 Å². The zero-order valence-corrected chi connectivity index (χ0v) is 11.3. The van der Waals surface area contributed by atoms with Gasteiger partial charge >= 0.3 is 0 Å². The van der Waals surface area contributed by atoms with E-state index in [0.29, 0.717) is 12.2 Å². The first-order valence-corrected chi connectivity index (χ1v) is 6.74. The van der Waals surface area contributed by atoms with Crippen molar-refractivity contribution in [1.82, 2.24) is 29.6 Å². The monoisotopic (exact) mass is 275 g/mol. The van der Waals surface area contributed by atoms with Gasteiger partial charge in [0.05, 0.1) is 6.54 Å². The molecule has 0 atom stereocenters. The first-order valence-electron chi connectivity index (χ1n) is 6.74. The molecule has 2 aromatic rings. The Kier molecular flexibility index (Phi) is 3.36. The number of hydrogen-bond acceptors (Lipinski definition) is 5. The summed E-state index contributed by atoms with van der Waals surface area (Å²) >= 11 is 0. The van der Waals surface area contributed by atoms with E-state index in [1.165, 1.54) is 0 Å². The highest BCUT2D eigenvalue weighted by atomic mass is 16.1. The number of aromatic nitrogens is 5. The van der Waals surface area contributed by atoms with Crippen LogP contribution in [-0.4, -0.2) is 36.8 Å². The number of aryl methyl sites for hydroxylation is 2. The Morgan fingerprint density at radius 2 is 2.45 bits per heavy atom. The molecule has 1 aliphatic heterocycles. The van der Waals surface area contributed by atoms with Gasteiger partial charge in [-0.3, -0.25) is 4.79 Å². The number of nitrogens with one attached hydrogen (secondary N) is 2. The van der Waals surface area contributed by atoms with Crippen LogP contribution in [0.15, 0.2) is 12.5 Å². The van der Waals surface area contributed by atoms with Crippen LogP contribution in [0.3, 0.4) is 0 Å². The molecule has 0 radical (unpaired) electrons. The molecule has 0 spiro atoms. The molecule has 1 aliphatic rings. The predicted molar refractivity (Wildman–Crippen MR) is 72.2 cm³/mol. The predicted octanol–water partition coefficient (Wildman–Crippen LogP) is 0.240. The average molecular weight is 275 g/mol. The maximum absolute atomic E-state index is 12.1. The molecule has 2 N–H and O–H groups in total. The first kappa shape index (κ1) is 12.6. The van der Waals surface area contributed by atoms with Crippen LogP contribution >= 0.6 is 0 Å². The quantitative estimate of drug-likeness (QED) is 0.834. The molecular formula is C12H17N7O. The fraction of sp³-hybridized carbons (Fsp3) is 0.500. The van der Waals surface area contributed by atoms with E-state index in [4.69, 9.17) is 0 Å². The van der Waals surface area contributed by atoms with Crippen LogP contribution < -0.4 is 10.6 Å². The topological polar surface area (TPSA) is 89.7 Å². The zero-order chi connectivity index (χ0) is 13.9. The lowest BCUT2D eigenvalue weighted by Gasteiger charge is -2.14. The second-order valence-corrected chi connectivity index (χ2v) is 4.64. The Morgan fingerprint density at radius 3 is 3.25 bits per heavy atom. The van der Waals surface area contributed by atoms with Crippen molar-refractivity contribution in [3.8, 4) is 0 Å². The number of anilines is 1. The SMILES string of the molecule is CCn1cnnc1CNC(=O)c1cn2c(n1)NCCC2. The maximum Gasteiger partial charge on any atom is 0.271 e. The Hall–Kier alpha value is -2.38. The van der Waals surface area contributed by atoms with Crippen molar-refractivity contribution in [3.63, 3.8) is 0 Å². The lowest BCUT2D eigenvalue weighted by Crippen LogP contribution is -2.25. The fourth-order valence-corrected chi connectivity index (χ4v) is 2.22. The molecule has 1 amide bonds. The minimum absolute atomic E-state index is 0.195. The van der Waals surface area contributed by atoms with Crippen LogP contribution in [-0.2, 0) is 19.6 Å². The molecule has 0 bridgehead atoms. The normalized spacial score (nSPS) is 13.7. The third-order valence-corrected chi connectivity index (χ3v) is 3.31. The van der Waals surface area contributed by atoms with E-state index in [1.54, 1.807) is 12.5 Å². The van der Waals surface area contributed by atoms with Crippen LogP contribution in [0.2, 0.25) is 0 Å². The third kappa shape index (κ3) is 2.36. The molecule has 0 aliphatic carbocycles. The summed E-state index contributed by atoms with van der Waals surface area (Å²) in [5.41, 5.74) is 0.428. The summed E-state index contributed by atoms with van der Waals surface area (Å²) in [6, 6.07) is 0. The van der Waals surface area contributed by atoms with Gasteiger partial charge in [0.15, 0.2) is 5.82 Å². The lowest BCUT2D eigenvalue weighted by molar-refractivity contribution is 0.0945. The van der Waals surface area contributed by atoms with Gasteiger partial charge in [-0.25, -0.2) is 4.98 Å². The van der Waals surface area contributed by atoms with Crippen molar-refractivity contribution < 1.29 is 4.79 Å². The van der Waals surface area contributed by atoms with E-state index < -0.39 is 0 Å². The average Bonchev–Trinajstić information content (AvgIpc) is 3.10. The number of rotatable bonds is 4. The van der Waals surface area contributed by atoms with E-state index in [2.05, 4.69) is 25.8 Å². The molecule has 0 unspecified atom stereocenters. The number of hydrogen-bond donors (Lipinski definition) is 2. The van der Waals surface area contributed by atoms with Gasteiger partial charge in [-0.2, -0.15) is 0 Å². The van der Waals surface area contributed by atoms with Crippen LogP contribution in [0.4, 0.5) is 5.95 Å². The molecule has 2 aromatic heterocycles. The van der Waals surface area contributed by atoms with Crippen molar-refractivity contribution in [2.24, 2.45) is 0 Å². The highest BCUT2D eigenvalue weighted by molar-refractivity contribution is 5.92. The highest BCUT2D eigenvalue weighted by Crippen LogP contribution is 2.13. The Morgan fingerprint density at radius 1 is 1.55 bits per heavy atom. The first-order chi connectivity index (χ1) is 9.78. The summed E-state index contributed by atoms with van der Waals surface area (Å²) in [6.07, 6.45) is 4.48. The summed E-state index contributed by atoms with van der Waals surface area (Å²) in [6.45, 7) is 4.93. The van der Waals surface area contributed by atoms with Crippen molar-refractivity contribution in [2.45, 2.75) is 33.0 Å². The number of carbonyl (C=O) groups excluding carboxylic acids is 1. The lowest BCUT2D eigenvalue weighted by atomic mass is 10.4. The highest BCUT2D eigenvalue weighted by Gasteiger charge is 2.16. The van der Waals surface area contributed by atoms with Gasteiger partial charge in [0.1, 0.15) is 12.0 Å². The molecule has 0 saturated carbocycles. The standard InChI is InChI=1S/C12H17N7O/c1-2-18-8-15-17-10(18)6-14-11(20)9-7-19-5-3-4-13-12(19)16-9/h7-8H,2-6H2,1H3,(H,13,16)(H,14,20). The number of imidazole rings is 1. The fourth-order valence-electron chi connectivity index (χ4n) is 2.22. The van der Waals surface area contributed by atoms with E-state index in [9.17, 15) is 4.79 Å². The molecule has 3 heterocycles. The van der Waals surface area contributed by atoms with E-state index in [-0.39, 0.29) is 5.91 Å². The molecule has 8 heteroatoms. The van der Waals surface area contributed by atoms with Gasteiger partial charge in [-0.1, -0.05) is 0 Å². The van der Waals surface area contributed by atoms with Crippen LogP contribution in [0, 0.1) is 0 Å². The summed E-state index contributed by atoms with van der Waals surface area (Å²) in [5, 5.41) is 13.8. The van der Waals surface area contributed by atoms with E-state index in [0.717, 1.165) is 37.8 Å². The van der Waals surface area contributed by atoms with E-state index >= 15 is 0 Å². The second-order valence-electron chi connectivity index (χ2n) is 4.64. The van der Waals surface area contributed by atoms with Gasteiger partial charge in [-0.15, -0.1) is 10.2 Å². The number of fused-ring (bicyclic) bond motifs is 1. The van der Waals surface area contributed by atoms with Gasteiger partial charge in [0.25, 0.3) is 5.91 Å². The van der Waals surface area contributed by atoms with Crippen LogP contribution in [0.25, 0.3) is 0 Å². The minimum atomic E-state index is -0.195. The van der Waals surface area contributed by atoms with Gasteiger partial charge < -0.3 is 19.8 Å². The minimum Gasteiger partial charge on any atom is -0.356 e. The molecule has 8 nitrogen and oxygen atoms in total.